The molecule has 6 atom stereocenters. The highest BCUT2D eigenvalue weighted by Gasteiger charge is 2.47. The summed E-state index contributed by atoms with van der Waals surface area (Å²) in [6.45, 7) is -1.81. The van der Waals surface area contributed by atoms with E-state index in [4.69, 9.17) is 24.4 Å². The van der Waals surface area contributed by atoms with E-state index < -0.39 is 78.4 Å². The molecule has 1 aliphatic rings. The lowest BCUT2D eigenvalue weighted by atomic mass is 10.1. The molecule has 1 aromatic rings. The molecule has 23 heteroatoms. The Balaban J connectivity index is 2.18. The monoisotopic (exact) mass is 585 g/mol. The minimum Gasteiger partial charge on any atom is -0.480 e. The molecule has 2 unspecified atom stereocenters. The van der Waals surface area contributed by atoms with Gasteiger partial charge in [0.1, 0.15) is 18.3 Å². The summed E-state index contributed by atoms with van der Waals surface area (Å²) < 4.78 is 56.9. The Bertz CT molecular complexity index is 1210. The third-order valence-corrected chi connectivity index (χ3v) is 8.11. The van der Waals surface area contributed by atoms with Crippen LogP contribution in [-0.2, 0) is 47.7 Å². The molecule has 0 spiro atoms. The zero-order valence-corrected chi connectivity index (χ0v) is 20.7. The van der Waals surface area contributed by atoms with Gasteiger partial charge in [-0.2, -0.15) is 8.62 Å². The fourth-order valence-electron chi connectivity index (χ4n) is 2.95. The highest BCUT2D eigenvalue weighted by atomic mass is 31.3. The van der Waals surface area contributed by atoms with Crippen molar-refractivity contribution in [3.8, 4) is 0 Å². The van der Waals surface area contributed by atoms with E-state index in [0.717, 1.165) is 17.9 Å². The van der Waals surface area contributed by atoms with Crippen LogP contribution in [0.4, 0.5) is 0 Å². The van der Waals surface area contributed by atoms with Gasteiger partial charge in [-0.05, 0) is 0 Å². The van der Waals surface area contributed by atoms with E-state index >= 15 is 0 Å². The van der Waals surface area contributed by atoms with Crippen LogP contribution in [0.25, 0.3) is 0 Å². The van der Waals surface area contributed by atoms with Gasteiger partial charge in [-0.1, -0.05) is 0 Å². The van der Waals surface area contributed by atoms with Crippen molar-refractivity contribution in [1.29, 1.82) is 0 Å². The first kappa shape index (κ1) is 30.6. The van der Waals surface area contributed by atoms with Gasteiger partial charge in [0.25, 0.3) is 5.56 Å². The molecule has 1 saturated heterocycles. The normalized spacial score (nSPS) is 25.8. The lowest BCUT2D eigenvalue weighted by molar-refractivity contribution is -0.136. The second-order valence-corrected chi connectivity index (χ2v) is 11.4. The lowest BCUT2D eigenvalue weighted by Crippen LogP contribution is -2.40. The van der Waals surface area contributed by atoms with Crippen molar-refractivity contribution in [3.63, 3.8) is 0 Å². The van der Waals surface area contributed by atoms with Crippen LogP contribution in [0.2, 0.25) is 0 Å². The molecule has 8 N–H and O–H groups in total. The first-order valence-electron chi connectivity index (χ1n) is 9.36. The Morgan fingerprint density at radius 2 is 1.81 bits per heavy atom. The molecule has 1 fully saturated rings. The van der Waals surface area contributed by atoms with Crippen molar-refractivity contribution in [2.75, 3.05) is 20.3 Å². The van der Waals surface area contributed by atoms with Crippen molar-refractivity contribution in [2.45, 2.75) is 31.1 Å². The van der Waals surface area contributed by atoms with Gasteiger partial charge >= 0.3 is 35.1 Å². The number of phosphoric ester groups is 1. The SMILES string of the molecule is CO[C@@H]1[C@H](O)[C@@H](COP(=O)(O)OP(=O)(O)OP(=O)(O)O)O[C@H]1n1cc(CNCC(=O)O)c(=O)[nH]c1=O. The van der Waals surface area contributed by atoms with Crippen LogP contribution in [0.1, 0.15) is 11.8 Å². The number of aromatic amines is 1. The summed E-state index contributed by atoms with van der Waals surface area (Å²) in [6.07, 6.45) is -4.98. The summed E-state index contributed by atoms with van der Waals surface area (Å²) in [7, 11) is -15.8. The van der Waals surface area contributed by atoms with E-state index in [2.05, 4.69) is 18.5 Å². The number of carboxylic acid groups (broad SMARTS) is 1. The van der Waals surface area contributed by atoms with Crippen LogP contribution in [0.3, 0.4) is 0 Å². The maximum absolute atomic E-state index is 12.3. The molecule has 1 aliphatic heterocycles. The summed E-state index contributed by atoms with van der Waals surface area (Å²) >= 11 is 0. The number of hydrogen-bond donors (Lipinski definition) is 8. The molecule has 2 rings (SSSR count). The number of carbonyl (C=O) groups is 1. The van der Waals surface area contributed by atoms with Crippen LogP contribution in [0.5, 0.6) is 0 Å². The van der Waals surface area contributed by atoms with E-state index in [1.165, 1.54) is 0 Å². The number of aliphatic hydroxyl groups excluding tert-OH is 1. The van der Waals surface area contributed by atoms with Gasteiger partial charge < -0.3 is 44.6 Å². The third kappa shape index (κ3) is 8.76. The first-order chi connectivity index (χ1) is 16.4. The molecule has 1 aromatic heterocycles. The number of aromatic nitrogens is 2. The molecule has 0 saturated carbocycles. The Kier molecular flexibility index (Phi) is 10.1. The highest BCUT2D eigenvalue weighted by Crippen LogP contribution is 2.66. The maximum atomic E-state index is 12.3. The summed E-state index contributed by atoms with van der Waals surface area (Å²) in [5.41, 5.74) is -1.96. The Hall–Kier alpha value is -1.60. The van der Waals surface area contributed by atoms with Crippen LogP contribution in [0, 0.1) is 0 Å². The van der Waals surface area contributed by atoms with E-state index in [-0.39, 0.29) is 12.1 Å². The molecule has 0 amide bonds. The summed E-state index contributed by atoms with van der Waals surface area (Å²) in [4.78, 5) is 72.7. The average molecular weight is 585 g/mol. The Labute approximate surface area is 199 Å². The van der Waals surface area contributed by atoms with E-state index in [9.17, 15) is 43.0 Å². The largest absolute Gasteiger partial charge is 0.490 e. The van der Waals surface area contributed by atoms with E-state index in [1.54, 1.807) is 0 Å². The molecule has 0 bridgehead atoms. The molecule has 0 aromatic carbocycles. The van der Waals surface area contributed by atoms with Crippen LogP contribution in [-0.4, -0.2) is 83.9 Å². The number of carboxylic acids is 1. The van der Waals surface area contributed by atoms with Gasteiger partial charge in [0.2, 0.25) is 0 Å². The van der Waals surface area contributed by atoms with Gasteiger partial charge in [-0.3, -0.25) is 23.7 Å². The molecule has 2 heterocycles. The molecular weight excluding hydrogens is 563 g/mol. The minimum atomic E-state index is -5.77. The number of methoxy groups -OCH3 is 1. The zero-order chi connectivity index (χ0) is 27.5. The lowest BCUT2D eigenvalue weighted by Gasteiger charge is -2.20. The molecule has 206 valence electrons. The number of nitrogens with zero attached hydrogens (tertiary/aromatic N) is 1. The zero-order valence-electron chi connectivity index (χ0n) is 18.0. The van der Waals surface area contributed by atoms with Gasteiger partial charge in [0, 0.05) is 25.4 Å². The van der Waals surface area contributed by atoms with Crippen LogP contribution < -0.4 is 16.6 Å². The fourth-order valence-corrected chi connectivity index (χ4v) is 5.98. The molecule has 36 heavy (non-hydrogen) atoms. The quantitative estimate of drug-likeness (QED) is 0.109. The standard InChI is InChI=1S/C13H22N3O17P3/c1-29-10-9(19)7(5-30-35(25,26)33-36(27,28)32-34(22,23)24)31-12(10)16-4-6(2-14-3-8(17)18)11(20)15-13(16)21/h4,7,9-10,12,14,19H,2-3,5H2,1H3,(H,17,18)(H,25,26)(H,27,28)(H,15,20,21)(H2,22,23,24)/t7-,9-,10-,12-/m1/s1. The second-order valence-electron chi connectivity index (χ2n) is 6.96. The van der Waals surface area contributed by atoms with E-state index in [0.29, 0.717) is 0 Å². The molecule has 0 aliphatic carbocycles. The number of hydrogen-bond acceptors (Lipinski definition) is 13. The van der Waals surface area contributed by atoms with Crippen molar-refractivity contribution in [3.05, 3.63) is 32.6 Å². The highest BCUT2D eigenvalue weighted by molar-refractivity contribution is 7.66. The fraction of sp³-hybridized carbons (Fsp3) is 0.615. The van der Waals surface area contributed by atoms with E-state index in [1.807, 2.05) is 4.98 Å². The number of H-pyrrole nitrogens is 1. The third-order valence-electron chi connectivity index (χ3n) is 4.31. The van der Waals surface area contributed by atoms with Crippen LogP contribution in [0.15, 0.2) is 15.8 Å². The van der Waals surface area contributed by atoms with Gasteiger partial charge in [-0.15, -0.1) is 0 Å². The molecule has 20 nitrogen and oxygen atoms in total. The average Bonchev–Trinajstić information content (AvgIpc) is 3.00. The Morgan fingerprint density at radius 1 is 1.17 bits per heavy atom. The number of phosphoric acid groups is 3. The maximum Gasteiger partial charge on any atom is 0.490 e. The van der Waals surface area contributed by atoms with Crippen molar-refractivity contribution >= 4 is 29.4 Å². The van der Waals surface area contributed by atoms with Gasteiger partial charge in [0.05, 0.1) is 13.2 Å². The predicted octanol–water partition coefficient (Wildman–Crippen LogP) is -2.67. The summed E-state index contributed by atoms with van der Waals surface area (Å²) in [5, 5.41) is 21.6. The van der Waals surface area contributed by atoms with Crippen molar-refractivity contribution in [2.24, 2.45) is 0 Å². The van der Waals surface area contributed by atoms with Gasteiger partial charge in [-0.25, -0.2) is 18.5 Å². The van der Waals surface area contributed by atoms with Crippen molar-refractivity contribution in [1.82, 2.24) is 14.9 Å². The number of aliphatic carboxylic acids is 1. The summed E-state index contributed by atoms with van der Waals surface area (Å²) in [6, 6.07) is 0. The first-order valence-corrected chi connectivity index (χ1v) is 13.9. The second kappa shape index (κ2) is 11.8. The Morgan fingerprint density at radius 3 is 2.36 bits per heavy atom. The number of nitrogens with one attached hydrogen (secondary N) is 2. The number of rotatable bonds is 13. The molecule has 0 radical (unpaired) electrons. The minimum absolute atomic E-state index is 0.0968. The smallest absolute Gasteiger partial charge is 0.480 e. The topological polar surface area (TPSA) is 303 Å². The number of aliphatic hydroxyl groups is 1. The van der Waals surface area contributed by atoms with Gasteiger partial charge in [0.15, 0.2) is 6.23 Å². The van der Waals surface area contributed by atoms with Crippen molar-refractivity contribution < 1.29 is 70.9 Å². The molecular formula is C13H22N3O17P3. The predicted molar refractivity (Wildman–Crippen MR) is 111 cm³/mol. The van der Waals surface area contributed by atoms with Crippen LogP contribution >= 0.6 is 23.5 Å². The summed E-state index contributed by atoms with van der Waals surface area (Å²) in [5.74, 6) is -1.21. The number of ether oxygens (including phenoxy) is 2.